The fourth-order valence-electron chi connectivity index (χ4n) is 1.99. The highest BCUT2D eigenvalue weighted by Crippen LogP contribution is 2.14. The van der Waals surface area contributed by atoms with E-state index in [9.17, 15) is 0 Å². The molecule has 0 aliphatic carbocycles. The molecule has 0 aromatic heterocycles. The van der Waals surface area contributed by atoms with Gasteiger partial charge in [0.15, 0.2) is 5.96 Å². The van der Waals surface area contributed by atoms with Gasteiger partial charge in [-0.3, -0.25) is 4.99 Å². The predicted octanol–water partition coefficient (Wildman–Crippen LogP) is 3.74. The normalized spacial score (nSPS) is 11.5. The van der Waals surface area contributed by atoms with Crippen LogP contribution < -0.4 is 10.6 Å². The SMILES string of the molecule is CN=C(NCCCCN(C)C(C)C)NCc1ccccc1Cl.I. The molecule has 0 saturated carbocycles. The minimum Gasteiger partial charge on any atom is -0.356 e. The van der Waals surface area contributed by atoms with Crippen molar-refractivity contribution in [1.29, 1.82) is 0 Å². The summed E-state index contributed by atoms with van der Waals surface area (Å²) in [6, 6.07) is 8.46. The minimum atomic E-state index is 0. The largest absolute Gasteiger partial charge is 0.356 e. The van der Waals surface area contributed by atoms with E-state index in [-0.39, 0.29) is 24.0 Å². The zero-order valence-electron chi connectivity index (χ0n) is 14.6. The Morgan fingerprint density at radius 3 is 2.52 bits per heavy atom. The summed E-state index contributed by atoms with van der Waals surface area (Å²) in [6.45, 7) is 7.17. The topological polar surface area (TPSA) is 39.7 Å². The molecule has 0 amide bonds. The maximum Gasteiger partial charge on any atom is 0.191 e. The monoisotopic (exact) mass is 452 g/mol. The second-order valence-corrected chi connectivity index (χ2v) is 6.13. The summed E-state index contributed by atoms with van der Waals surface area (Å²) >= 11 is 6.15. The lowest BCUT2D eigenvalue weighted by Crippen LogP contribution is -2.37. The molecule has 1 rings (SSSR count). The van der Waals surface area contributed by atoms with Gasteiger partial charge in [-0.2, -0.15) is 0 Å². The Labute approximate surface area is 163 Å². The van der Waals surface area contributed by atoms with Crippen LogP contribution in [0.15, 0.2) is 29.3 Å². The maximum absolute atomic E-state index is 6.15. The fourth-order valence-corrected chi connectivity index (χ4v) is 2.20. The summed E-state index contributed by atoms with van der Waals surface area (Å²) in [5.74, 6) is 0.817. The Morgan fingerprint density at radius 1 is 1.22 bits per heavy atom. The van der Waals surface area contributed by atoms with Crippen molar-refractivity contribution in [2.75, 3.05) is 27.2 Å². The molecule has 0 bridgehead atoms. The van der Waals surface area contributed by atoms with E-state index >= 15 is 0 Å². The number of hydrogen-bond acceptors (Lipinski definition) is 2. The summed E-state index contributed by atoms with van der Waals surface area (Å²) in [7, 11) is 3.96. The number of unbranched alkanes of at least 4 members (excludes halogenated alkanes) is 1. The van der Waals surface area contributed by atoms with Crippen molar-refractivity contribution in [3.05, 3.63) is 34.9 Å². The molecular formula is C17H30ClIN4. The van der Waals surface area contributed by atoms with E-state index in [1.165, 1.54) is 6.42 Å². The van der Waals surface area contributed by atoms with Gasteiger partial charge >= 0.3 is 0 Å². The highest BCUT2D eigenvalue weighted by molar-refractivity contribution is 14.0. The van der Waals surface area contributed by atoms with Crippen LogP contribution in [0, 0.1) is 0 Å². The van der Waals surface area contributed by atoms with Crippen molar-refractivity contribution in [3.8, 4) is 0 Å². The maximum atomic E-state index is 6.15. The summed E-state index contributed by atoms with van der Waals surface area (Å²) in [5, 5.41) is 7.41. The quantitative estimate of drug-likeness (QED) is 0.273. The van der Waals surface area contributed by atoms with Gasteiger partial charge in [-0.25, -0.2) is 0 Å². The van der Waals surface area contributed by atoms with Crippen LogP contribution in [0.2, 0.25) is 5.02 Å². The van der Waals surface area contributed by atoms with E-state index in [1.54, 1.807) is 7.05 Å². The molecule has 0 aliphatic rings. The van der Waals surface area contributed by atoms with Gasteiger partial charge in [0.25, 0.3) is 0 Å². The van der Waals surface area contributed by atoms with Crippen LogP contribution in [-0.4, -0.2) is 44.1 Å². The number of hydrogen-bond donors (Lipinski definition) is 2. The molecule has 2 N–H and O–H groups in total. The fraction of sp³-hybridized carbons (Fsp3) is 0.588. The Hall–Kier alpha value is -0.530. The molecule has 1 aromatic rings. The summed E-state index contributed by atoms with van der Waals surface area (Å²) in [4.78, 5) is 6.60. The third-order valence-electron chi connectivity index (χ3n) is 3.74. The van der Waals surface area contributed by atoms with Crippen LogP contribution in [-0.2, 0) is 6.54 Å². The second kappa shape index (κ2) is 12.8. The van der Waals surface area contributed by atoms with Crippen LogP contribution in [0.3, 0.4) is 0 Å². The van der Waals surface area contributed by atoms with Gasteiger partial charge in [-0.15, -0.1) is 24.0 Å². The average molecular weight is 453 g/mol. The number of halogens is 2. The Morgan fingerprint density at radius 2 is 1.91 bits per heavy atom. The highest BCUT2D eigenvalue weighted by Gasteiger charge is 2.03. The van der Waals surface area contributed by atoms with E-state index in [1.807, 2.05) is 24.3 Å². The second-order valence-electron chi connectivity index (χ2n) is 5.73. The van der Waals surface area contributed by atoms with Crippen molar-refractivity contribution < 1.29 is 0 Å². The van der Waals surface area contributed by atoms with Gasteiger partial charge in [0, 0.05) is 31.2 Å². The molecule has 0 atom stereocenters. The number of rotatable bonds is 8. The standard InChI is InChI=1S/C17H29ClN4.HI/c1-14(2)22(4)12-8-7-11-20-17(19-3)21-13-15-9-5-6-10-16(15)18;/h5-6,9-10,14H,7-8,11-13H2,1-4H3,(H2,19,20,21);1H. The molecule has 0 heterocycles. The van der Waals surface area contributed by atoms with E-state index in [2.05, 4.69) is 41.4 Å². The van der Waals surface area contributed by atoms with Crippen LogP contribution in [0.5, 0.6) is 0 Å². The van der Waals surface area contributed by atoms with Gasteiger partial charge in [0.2, 0.25) is 0 Å². The Balaban J connectivity index is 0.00000484. The first-order chi connectivity index (χ1) is 10.5. The van der Waals surface area contributed by atoms with E-state index in [0.717, 1.165) is 36.1 Å². The predicted molar refractivity (Wildman–Crippen MR) is 112 cm³/mol. The van der Waals surface area contributed by atoms with Crippen molar-refractivity contribution in [2.24, 2.45) is 4.99 Å². The Kier molecular flexibility index (Phi) is 12.5. The molecule has 0 unspecified atom stereocenters. The van der Waals surface area contributed by atoms with Crippen LogP contribution in [0.25, 0.3) is 0 Å². The molecule has 0 fully saturated rings. The first-order valence-corrected chi connectivity index (χ1v) is 8.30. The van der Waals surface area contributed by atoms with Gasteiger partial charge in [0.1, 0.15) is 0 Å². The van der Waals surface area contributed by atoms with Crippen LogP contribution in [0.4, 0.5) is 0 Å². The molecule has 0 spiro atoms. The Bertz CT molecular complexity index is 466. The average Bonchev–Trinajstić information content (AvgIpc) is 2.51. The van der Waals surface area contributed by atoms with Gasteiger partial charge in [-0.1, -0.05) is 29.8 Å². The van der Waals surface area contributed by atoms with Crippen molar-refractivity contribution in [2.45, 2.75) is 39.3 Å². The minimum absolute atomic E-state index is 0. The molecule has 0 saturated heterocycles. The molecule has 132 valence electrons. The number of nitrogens with one attached hydrogen (secondary N) is 2. The van der Waals surface area contributed by atoms with Crippen molar-refractivity contribution in [1.82, 2.24) is 15.5 Å². The summed E-state index contributed by atoms with van der Waals surface area (Å²) < 4.78 is 0. The molecule has 23 heavy (non-hydrogen) atoms. The molecule has 6 heteroatoms. The third-order valence-corrected chi connectivity index (χ3v) is 4.11. The first-order valence-electron chi connectivity index (χ1n) is 7.92. The van der Waals surface area contributed by atoms with Crippen molar-refractivity contribution in [3.63, 3.8) is 0 Å². The zero-order chi connectivity index (χ0) is 16.4. The summed E-state index contributed by atoms with van der Waals surface area (Å²) in [6.07, 6.45) is 2.31. The van der Waals surface area contributed by atoms with E-state index < -0.39 is 0 Å². The van der Waals surface area contributed by atoms with Gasteiger partial charge < -0.3 is 15.5 Å². The molecule has 0 radical (unpaired) electrons. The third kappa shape index (κ3) is 9.37. The number of benzene rings is 1. The number of nitrogens with zero attached hydrogens (tertiary/aromatic N) is 2. The molecular weight excluding hydrogens is 423 g/mol. The zero-order valence-corrected chi connectivity index (χ0v) is 17.7. The molecule has 0 aliphatic heterocycles. The van der Waals surface area contributed by atoms with Crippen molar-refractivity contribution >= 4 is 41.5 Å². The molecule has 4 nitrogen and oxygen atoms in total. The first kappa shape index (κ1) is 22.5. The lowest BCUT2D eigenvalue weighted by Gasteiger charge is -2.20. The smallest absolute Gasteiger partial charge is 0.191 e. The lowest BCUT2D eigenvalue weighted by atomic mass is 10.2. The van der Waals surface area contributed by atoms with Crippen LogP contribution in [0.1, 0.15) is 32.3 Å². The highest BCUT2D eigenvalue weighted by atomic mass is 127. The molecule has 1 aromatic carbocycles. The van der Waals surface area contributed by atoms with Gasteiger partial charge in [-0.05, 0) is 51.9 Å². The summed E-state index contributed by atoms with van der Waals surface area (Å²) in [5.41, 5.74) is 1.07. The lowest BCUT2D eigenvalue weighted by molar-refractivity contribution is 0.268. The van der Waals surface area contributed by atoms with Crippen LogP contribution >= 0.6 is 35.6 Å². The number of guanidine groups is 1. The number of aliphatic imine (C=N–C) groups is 1. The van der Waals surface area contributed by atoms with E-state index in [0.29, 0.717) is 12.6 Å². The van der Waals surface area contributed by atoms with Gasteiger partial charge in [0.05, 0.1) is 0 Å². The van der Waals surface area contributed by atoms with E-state index in [4.69, 9.17) is 11.6 Å².